The maximum absolute atomic E-state index is 12.1. The van der Waals surface area contributed by atoms with Gasteiger partial charge in [-0.15, -0.1) is 0 Å². The van der Waals surface area contributed by atoms with Crippen LogP contribution in [0.5, 0.6) is 0 Å². The van der Waals surface area contributed by atoms with Crippen LogP contribution in [0.2, 0.25) is 0 Å². The Kier molecular flexibility index (Phi) is 6.50. The molecule has 0 aliphatic heterocycles. The van der Waals surface area contributed by atoms with Gasteiger partial charge in [-0.3, -0.25) is 4.79 Å². The van der Waals surface area contributed by atoms with E-state index in [2.05, 4.69) is 5.32 Å². The molecular formula is C19H22N2O3S. The number of nitrogens with zero attached hydrogens (tertiary/aromatic N) is 1. The van der Waals surface area contributed by atoms with Gasteiger partial charge in [0.2, 0.25) is 10.0 Å². The third kappa shape index (κ3) is 5.27. The quantitative estimate of drug-likeness (QED) is 0.774. The van der Waals surface area contributed by atoms with Crippen LogP contribution in [-0.4, -0.2) is 39.3 Å². The van der Waals surface area contributed by atoms with Gasteiger partial charge in [0.05, 0.1) is 4.90 Å². The molecule has 0 aliphatic rings. The average molecular weight is 358 g/mol. The molecule has 5 nitrogen and oxygen atoms in total. The van der Waals surface area contributed by atoms with Crippen LogP contribution >= 0.6 is 0 Å². The molecule has 0 aliphatic carbocycles. The Bertz CT molecular complexity index is 827. The predicted molar refractivity (Wildman–Crippen MR) is 99.7 cm³/mol. The second kappa shape index (κ2) is 8.60. The highest BCUT2D eigenvalue weighted by molar-refractivity contribution is 7.89. The number of rotatable bonds is 7. The molecule has 0 spiro atoms. The van der Waals surface area contributed by atoms with Gasteiger partial charge in [0.25, 0.3) is 5.91 Å². The van der Waals surface area contributed by atoms with Gasteiger partial charge in [-0.05, 0) is 36.2 Å². The van der Waals surface area contributed by atoms with E-state index in [-0.39, 0.29) is 10.8 Å². The van der Waals surface area contributed by atoms with Crippen LogP contribution in [0.4, 0.5) is 0 Å². The maximum Gasteiger partial charge on any atom is 0.251 e. The van der Waals surface area contributed by atoms with E-state index in [4.69, 9.17) is 0 Å². The van der Waals surface area contributed by atoms with Gasteiger partial charge >= 0.3 is 0 Å². The zero-order valence-corrected chi connectivity index (χ0v) is 15.2. The SMILES string of the molecule is CN(C)S(=O)(=O)c1ccc(C(=O)NCC/C=C/c2ccccc2)cc1. The second-order valence-corrected chi connectivity index (χ2v) is 7.82. The van der Waals surface area contributed by atoms with Gasteiger partial charge < -0.3 is 5.32 Å². The van der Waals surface area contributed by atoms with Crippen molar-refractivity contribution < 1.29 is 13.2 Å². The summed E-state index contributed by atoms with van der Waals surface area (Å²) in [7, 11) is -0.535. The molecule has 2 rings (SSSR count). The standard InChI is InChI=1S/C19H22N2O3S/c1-21(2)25(23,24)18-13-11-17(12-14-18)19(22)20-15-7-6-10-16-8-4-3-5-9-16/h3-6,8-14H,7,15H2,1-2H3,(H,20,22)/b10-6+. The number of carbonyl (C=O) groups excluding carboxylic acids is 1. The topological polar surface area (TPSA) is 66.5 Å². The first-order chi connectivity index (χ1) is 11.9. The number of benzene rings is 2. The van der Waals surface area contributed by atoms with Crippen LogP contribution in [0.15, 0.2) is 65.6 Å². The van der Waals surface area contributed by atoms with E-state index in [1.165, 1.54) is 38.4 Å². The fourth-order valence-corrected chi connectivity index (χ4v) is 3.05. The lowest BCUT2D eigenvalue weighted by Gasteiger charge is -2.11. The van der Waals surface area contributed by atoms with Crippen molar-refractivity contribution in [3.63, 3.8) is 0 Å². The van der Waals surface area contributed by atoms with Crippen molar-refractivity contribution in [3.8, 4) is 0 Å². The summed E-state index contributed by atoms with van der Waals surface area (Å²) in [6, 6.07) is 15.9. The Morgan fingerprint density at radius 1 is 1.04 bits per heavy atom. The van der Waals surface area contributed by atoms with E-state index in [0.29, 0.717) is 18.5 Å². The molecule has 6 heteroatoms. The van der Waals surface area contributed by atoms with Crippen molar-refractivity contribution in [3.05, 3.63) is 71.8 Å². The van der Waals surface area contributed by atoms with Gasteiger partial charge in [-0.2, -0.15) is 0 Å². The fraction of sp³-hybridized carbons (Fsp3) is 0.211. The van der Waals surface area contributed by atoms with E-state index in [9.17, 15) is 13.2 Å². The molecule has 1 amide bonds. The van der Waals surface area contributed by atoms with Crippen molar-refractivity contribution in [1.82, 2.24) is 9.62 Å². The van der Waals surface area contributed by atoms with Crippen molar-refractivity contribution in [2.24, 2.45) is 0 Å². The smallest absolute Gasteiger partial charge is 0.251 e. The monoisotopic (exact) mass is 358 g/mol. The van der Waals surface area contributed by atoms with Gasteiger partial charge in [-0.1, -0.05) is 42.5 Å². The molecule has 0 bridgehead atoms. The third-order valence-corrected chi connectivity index (χ3v) is 5.43. The van der Waals surface area contributed by atoms with Gasteiger partial charge in [0.1, 0.15) is 0 Å². The number of carbonyl (C=O) groups is 1. The molecule has 0 heterocycles. The van der Waals surface area contributed by atoms with Crippen molar-refractivity contribution in [2.45, 2.75) is 11.3 Å². The van der Waals surface area contributed by atoms with Crippen molar-refractivity contribution in [2.75, 3.05) is 20.6 Å². The van der Waals surface area contributed by atoms with Crippen LogP contribution in [0, 0.1) is 0 Å². The molecule has 132 valence electrons. The summed E-state index contributed by atoms with van der Waals surface area (Å²) in [4.78, 5) is 12.2. The van der Waals surface area contributed by atoms with Gasteiger partial charge in [-0.25, -0.2) is 12.7 Å². The maximum atomic E-state index is 12.1. The first-order valence-electron chi connectivity index (χ1n) is 7.93. The molecule has 0 atom stereocenters. The molecule has 0 radical (unpaired) electrons. The highest BCUT2D eigenvalue weighted by atomic mass is 32.2. The molecule has 2 aromatic rings. The summed E-state index contributed by atoms with van der Waals surface area (Å²) < 4.78 is 25.1. The Balaban J connectivity index is 1.86. The highest BCUT2D eigenvalue weighted by Crippen LogP contribution is 2.14. The number of amides is 1. The van der Waals surface area contributed by atoms with E-state index in [1.807, 2.05) is 42.5 Å². The minimum Gasteiger partial charge on any atom is -0.352 e. The number of hydrogen-bond acceptors (Lipinski definition) is 3. The van der Waals surface area contributed by atoms with Crippen LogP contribution < -0.4 is 5.32 Å². The molecule has 25 heavy (non-hydrogen) atoms. The van der Waals surface area contributed by atoms with Crippen molar-refractivity contribution >= 4 is 22.0 Å². The molecule has 0 unspecified atom stereocenters. The number of sulfonamides is 1. The Morgan fingerprint density at radius 3 is 2.28 bits per heavy atom. The molecule has 1 N–H and O–H groups in total. The van der Waals surface area contributed by atoms with E-state index < -0.39 is 10.0 Å². The lowest BCUT2D eigenvalue weighted by molar-refractivity contribution is 0.0954. The predicted octanol–water partition coefficient (Wildman–Crippen LogP) is 2.77. The molecule has 2 aromatic carbocycles. The summed E-state index contributed by atoms with van der Waals surface area (Å²) in [5.74, 6) is -0.220. The van der Waals surface area contributed by atoms with Crippen LogP contribution in [0.3, 0.4) is 0 Å². The molecule has 0 saturated heterocycles. The lowest BCUT2D eigenvalue weighted by Crippen LogP contribution is -2.25. The highest BCUT2D eigenvalue weighted by Gasteiger charge is 2.17. The fourth-order valence-electron chi connectivity index (χ4n) is 2.14. The lowest BCUT2D eigenvalue weighted by atomic mass is 10.2. The zero-order valence-electron chi connectivity index (χ0n) is 14.3. The zero-order chi connectivity index (χ0) is 18.3. The normalized spacial score (nSPS) is 11.8. The van der Waals surface area contributed by atoms with E-state index in [0.717, 1.165) is 9.87 Å². The second-order valence-electron chi connectivity index (χ2n) is 5.67. The largest absolute Gasteiger partial charge is 0.352 e. The first kappa shape index (κ1) is 18.9. The summed E-state index contributed by atoms with van der Waals surface area (Å²) in [6.45, 7) is 0.514. The number of hydrogen-bond donors (Lipinski definition) is 1. The molecule has 0 saturated carbocycles. The van der Waals surface area contributed by atoms with Crippen LogP contribution in [0.25, 0.3) is 6.08 Å². The van der Waals surface area contributed by atoms with Gasteiger partial charge in [0.15, 0.2) is 0 Å². The van der Waals surface area contributed by atoms with Crippen LogP contribution in [-0.2, 0) is 10.0 Å². The molecule has 0 fully saturated rings. The molecule has 0 aromatic heterocycles. The summed E-state index contributed by atoms with van der Waals surface area (Å²) in [6.07, 6.45) is 4.73. The minimum atomic E-state index is -3.48. The summed E-state index contributed by atoms with van der Waals surface area (Å²) >= 11 is 0. The average Bonchev–Trinajstić information content (AvgIpc) is 2.62. The van der Waals surface area contributed by atoms with Crippen molar-refractivity contribution in [1.29, 1.82) is 0 Å². The first-order valence-corrected chi connectivity index (χ1v) is 9.37. The molecular weight excluding hydrogens is 336 g/mol. The van der Waals surface area contributed by atoms with Gasteiger partial charge in [0, 0.05) is 26.2 Å². The Hall–Kier alpha value is -2.44. The summed E-state index contributed by atoms with van der Waals surface area (Å²) in [5.41, 5.74) is 1.55. The Morgan fingerprint density at radius 2 is 1.68 bits per heavy atom. The summed E-state index contributed by atoms with van der Waals surface area (Å²) in [5, 5.41) is 2.82. The number of nitrogens with one attached hydrogen (secondary N) is 1. The minimum absolute atomic E-state index is 0.167. The van der Waals surface area contributed by atoms with E-state index >= 15 is 0 Å². The van der Waals surface area contributed by atoms with E-state index in [1.54, 1.807) is 0 Å². The van der Waals surface area contributed by atoms with Crippen LogP contribution in [0.1, 0.15) is 22.3 Å². The Labute approximate surface area is 149 Å². The third-order valence-electron chi connectivity index (χ3n) is 3.60.